The zero-order valence-corrected chi connectivity index (χ0v) is 12.2. The molecule has 0 spiro atoms. The van der Waals surface area contributed by atoms with E-state index in [2.05, 4.69) is 0 Å². The topological polar surface area (TPSA) is 35.5 Å². The molecule has 0 N–H and O–H groups in total. The van der Waals surface area contributed by atoms with Crippen molar-refractivity contribution in [3.05, 3.63) is 0 Å². The maximum atomic E-state index is 11.9. The Kier molecular flexibility index (Phi) is 9.58. The Morgan fingerprint density at radius 3 is 1.67 bits per heavy atom. The molecule has 0 saturated carbocycles. The first-order chi connectivity index (χ1) is 6.89. The lowest BCUT2D eigenvalue weighted by Crippen LogP contribution is -2.09. The minimum Gasteiger partial charge on any atom is -0.306 e. The molecule has 9 heteroatoms. The van der Waals surface area contributed by atoms with E-state index < -0.39 is 17.3 Å². The lowest BCUT2D eigenvalue weighted by atomic mass is 10.9. The van der Waals surface area contributed by atoms with E-state index in [4.69, 9.17) is 67.1 Å². The molecule has 3 nitrogen and oxygen atoms in total. The van der Waals surface area contributed by atoms with Gasteiger partial charge in [0.15, 0.2) is 0 Å². The van der Waals surface area contributed by atoms with Gasteiger partial charge in [-0.3, -0.25) is 4.57 Å². The van der Waals surface area contributed by atoms with E-state index in [0.29, 0.717) is 0 Å². The van der Waals surface area contributed by atoms with E-state index in [-0.39, 0.29) is 25.3 Å². The first-order valence-electron chi connectivity index (χ1n) is 3.90. The molecule has 0 aromatic carbocycles. The maximum Gasteiger partial charge on any atom is 0.332 e. The molecule has 0 fully saturated rings. The van der Waals surface area contributed by atoms with Crippen molar-refractivity contribution in [3.63, 3.8) is 0 Å². The Morgan fingerprint density at radius 2 is 1.40 bits per heavy atom. The monoisotopic (exact) mass is 336 g/mol. The summed E-state index contributed by atoms with van der Waals surface area (Å²) in [5.74, 6) is 0.127. The maximum absolute atomic E-state index is 11.9. The van der Waals surface area contributed by atoms with Crippen LogP contribution in [0.2, 0.25) is 0 Å². The number of hydrogen-bond acceptors (Lipinski definition) is 3. The van der Waals surface area contributed by atoms with Gasteiger partial charge in [0, 0.05) is 5.88 Å². The van der Waals surface area contributed by atoms with Gasteiger partial charge in [-0.1, -0.05) is 0 Å². The zero-order valence-electron chi connectivity index (χ0n) is 7.54. The molecule has 0 aromatic rings. The fourth-order valence-electron chi connectivity index (χ4n) is 0.610. The second kappa shape index (κ2) is 8.66. The number of halogens is 5. The van der Waals surface area contributed by atoms with Crippen LogP contribution in [-0.2, 0) is 13.6 Å². The second-order valence-electron chi connectivity index (χ2n) is 2.40. The predicted octanol–water partition coefficient (Wildman–Crippen LogP) is 4.06. The average molecular weight is 338 g/mol. The van der Waals surface area contributed by atoms with Crippen molar-refractivity contribution in [1.29, 1.82) is 0 Å². The third-order valence-electron chi connectivity index (χ3n) is 1.15. The Labute approximate surface area is 114 Å². The molecule has 0 saturated heterocycles. The van der Waals surface area contributed by atoms with Gasteiger partial charge in [-0.05, 0) is 0 Å². The molecule has 0 atom stereocenters. The van der Waals surface area contributed by atoms with Gasteiger partial charge in [0.25, 0.3) is 0 Å². The Hall–Kier alpha value is 1.60. The van der Waals surface area contributed by atoms with Gasteiger partial charge in [0.1, 0.15) is 9.67 Å². The third-order valence-corrected chi connectivity index (χ3v) is 3.97. The predicted molar refractivity (Wildman–Crippen MR) is 66.1 cm³/mol. The molecule has 15 heavy (non-hydrogen) atoms. The second-order valence-corrected chi connectivity index (χ2v) is 7.51. The number of rotatable bonds is 8. The van der Waals surface area contributed by atoms with Crippen LogP contribution >= 0.6 is 65.6 Å². The summed E-state index contributed by atoms with van der Waals surface area (Å²) in [6, 6.07) is 0. The standard InChI is InChI=1S/C6H10Cl5O3P/c7-1-2-15(12,13-3-5(8)9)14-4-6(10)11/h5-6H,1-4H2. The van der Waals surface area contributed by atoms with Crippen LogP contribution in [0.4, 0.5) is 0 Å². The molecule has 0 heterocycles. The van der Waals surface area contributed by atoms with E-state index in [1.807, 2.05) is 0 Å². The largest absolute Gasteiger partial charge is 0.332 e. The van der Waals surface area contributed by atoms with Crippen molar-refractivity contribution in [3.8, 4) is 0 Å². The van der Waals surface area contributed by atoms with Crippen molar-refractivity contribution in [1.82, 2.24) is 0 Å². The van der Waals surface area contributed by atoms with E-state index >= 15 is 0 Å². The van der Waals surface area contributed by atoms with Gasteiger partial charge in [-0.25, -0.2) is 0 Å². The first kappa shape index (κ1) is 16.6. The summed E-state index contributed by atoms with van der Waals surface area (Å²) < 4.78 is 21.8. The summed E-state index contributed by atoms with van der Waals surface area (Å²) in [5, 5.41) is 0. The summed E-state index contributed by atoms with van der Waals surface area (Å²) in [6.07, 6.45) is 0.0511. The lowest BCUT2D eigenvalue weighted by Gasteiger charge is -2.18. The highest BCUT2D eigenvalue weighted by Gasteiger charge is 2.25. The van der Waals surface area contributed by atoms with Crippen molar-refractivity contribution in [2.45, 2.75) is 9.67 Å². The minimum atomic E-state index is -3.30. The lowest BCUT2D eigenvalue weighted by molar-refractivity contribution is 0.217. The molecule has 0 amide bonds. The van der Waals surface area contributed by atoms with Crippen LogP contribution in [0, 0.1) is 0 Å². The molecule has 0 radical (unpaired) electrons. The zero-order chi connectivity index (χ0) is 11.9. The molecule has 0 aliphatic carbocycles. The summed E-state index contributed by atoms with van der Waals surface area (Å²) in [4.78, 5) is -1.56. The smallest absolute Gasteiger partial charge is 0.306 e. The van der Waals surface area contributed by atoms with Gasteiger partial charge in [-0.2, -0.15) is 0 Å². The van der Waals surface area contributed by atoms with Gasteiger partial charge in [0.2, 0.25) is 0 Å². The minimum absolute atomic E-state index is 0.0511. The molecule has 92 valence electrons. The van der Waals surface area contributed by atoms with Crippen LogP contribution in [0.25, 0.3) is 0 Å². The first-order valence-corrected chi connectivity index (χ1v) is 7.91. The summed E-state index contributed by atoms with van der Waals surface area (Å²) in [7, 11) is -3.30. The van der Waals surface area contributed by atoms with E-state index in [1.165, 1.54) is 0 Å². The SMILES string of the molecule is O=P(CCCl)(OCC(Cl)Cl)OCC(Cl)Cl. The number of alkyl halides is 5. The molecule has 0 aliphatic rings. The molecule has 0 rings (SSSR count). The van der Waals surface area contributed by atoms with Crippen LogP contribution in [-0.4, -0.2) is 34.9 Å². The van der Waals surface area contributed by atoms with Crippen LogP contribution in [0.3, 0.4) is 0 Å². The van der Waals surface area contributed by atoms with Gasteiger partial charge >= 0.3 is 7.60 Å². The summed E-state index contributed by atoms with van der Waals surface area (Å²) in [5.41, 5.74) is 0. The molecular formula is C6H10Cl5O3P. The Balaban J connectivity index is 4.12. The fourth-order valence-corrected chi connectivity index (χ4v) is 3.13. The molecule has 0 aliphatic heterocycles. The average Bonchev–Trinajstić information content (AvgIpc) is 2.13. The fraction of sp³-hybridized carbons (Fsp3) is 1.00. The van der Waals surface area contributed by atoms with Gasteiger partial charge < -0.3 is 9.05 Å². The Morgan fingerprint density at radius 1 is 1.00 bits per heavy atom. The highest BCUT2D eigenvalue weighted by molar-refractivity contribution is 7.54. The van der Waals surface area contributed by atoms with Crippen molar-refractivity contribution < 1.29 is 13.6 Å². The van der Waals surface area contributed by atoms with E-state index in [1.54, 1.807) is 0 Å². The molecule has 0 bridgehead atoms. The summed E-state index contributed by atoms with van der Waals surface area (Å²) >= 11 is 27.2. The third kappa shape index (κ3) is 9.31. The van der Waals surface area contributed by atoms with E-state index in [0.717, 1.165) is 0 Å². The number of hydrogen-bond donors (Lipinski definition) is 0. The van der Waals surface area contributed by atoms with Crippen LogP contribution in [0.15, 0.2) is 0 Å². The van der Waals surface area contributed by atoms with Gasteiger partial charge in [0.05, 0.1) is 19.4 Å². The van der Waals surface area contributed by atoms with Crippen LogP contribution in [0.5, 0.6) is 0 Å². The summed E-state index contributed by atoms with van der Waals surface area (Å²) in [6.45, 7) is -0.209. The highest BCUT2D eigenvalue weighted by Crippen LogP contribution is 2.48. The molecular weight excluding hydrogens is 328 g/mol. The van der Waals surface area contributed by atoms with E-state index in [9.17, 15) is 4.57 Å². The quantitative estimate of drug-likeness (QED) is 0.495. The van der Waals surface area contributed by atoms with Gasteiger partial charge in [-0.15, -0.1) is 58.0 Å². The van der Waals surface area contributed by atoms with Crippen molar-refractivity contribution in [2.75, 3.05) is 25.3 Å². The van der Waals surface area contributed by atoms with Crippen LogP contribution < -0.4 is 0 Å². The molecule has 0 aromatic heterocycles. The molecule has 0 unspecified atom stereocenters. The normalized spacial score (nSPS) is 12.7. The Bertz CT molecular complexity index is 197. The highest BCUT2D eigenvalue weighted by atomic mass is 35.5. The van der Waals surface area contributed by atoms with Crippen molar-refractivity contribution in [2.24, 2.45) is 0 Å². The van der Waals surface area contributed by atoms with Crippen molar-refractivity contribution >= 4 is 65.6 Å². The van der Waals surface area contributed by atoms with Crippen LogP contribution in [0.1, 0.15) is 0 Å².